The lowest BCUT2D eigenvalue weighted by atomic mass is 9.88. The lowest BCUT2D eigenvalue weighted by Crippen LogP contribution is -1.98. The van der Waals surface area contributed by atoms with Gasteiger partial charge in [-0.05, 0) is 41.5 Å². The van der Waals surface area contributed by atoms with Crippen LogP contribution in [-0.4, -0.2) is 0 Å². The van der Waals surface area contributed by atoms with E-state index in [4.69, 9.17) is 4.42 Å². The van der Waals surface area contributed by atoms with E-state index in [1.807, 2.05) is 6.07 Å². The summed E-state index contributed by atoms with van der Waals surface area (Å²) in [4.78, 5) is 0. The molecule has 20 heavy (non-hydrogen) atoms. The molecule has 0 bridgehead atoms. The minimum absolute atomic E-state index is 0.497. The van der Waals surface area contributed by atoms with Crippen molar-refractivity contribution in [2.75, 3.05) is 0 Å². The lowest BCUT2D eigenvalue weighted by molar-refractivity contribution is 0.662. The van der Waals surface area contributed by atoms with Crippen molar-refractivity contribution >= 4 is 21.9 Å². The third kappa shape index (κ3) is 1.84. The fourth-order valence-electron chi connectivity index (χ4n) is 3.13. The van der Waals surface area contributed by atoms with Gasteiger partial charge in [-0.15, -0.1) is 0 Å². The van der Waals surface area contributed by atoms with Crippen LogP contribution in [0.25, 0.3) is 21.9 Å². The summed E-state index contributed by atoms with van der Waals surface area (Å²) in [5.74, 6) is 1.02. The van der Waals surface area contributed by atoms with Crippen LogP contribution in [0.5, 0.6) is 0 Å². The molecule has 0 amide bonds. The van der Waals surface area contributed by atoms with Crippen LogP contribution in [-0.2, 0) is 0 Å². The molecule has 0 atom stereocenters. The largest absolute Gasteiger partial charge is 0.456 e. The molecule has 1 heteroatoms. The number of furan rings is 1. The van der Waals surface area contributed by atoms with Crippen molar-refractivity contribution in [2.24, 2.45) is 0 Å². The number of hydrogen-bond donors (Lipinski definition) is 0. The molecule has 0 aliphatic carbocycles. The molecule has 1 nitrogen and oxygen atoms in total. The third-order valence-corrected chi connectivity index (χ3v) is 4.21. The van der Waals surface area contributed by atoms with Crippen molar-refractivity contribution in [3.63, 3.8) is 0 Å². The average Bonchev–Trinajstić information content (AvgIpc) is 2.78. The van der Waals surface area contributed by atoms with Gasteiger partial charge in [-0.2, -0.15) is 0 Å². The molecular weight excluding hydrogens is 244 g/mol. The summed E-state index contributed by atoms with van der Waals surface area (Å²) in [5.41, 5.74) is 6.16. The zero-order chi connectivity index (χ0) is 14.4. The Morgan fingerprint density at radius 3 is 2.20 bits per heavy atom. The molecule has 0 aliphatic heterocycles. The molecule has 104 valence electrons. The Balaban J connectivity index is 2.52. The quantitative estimate of drug-likeness (QED) is 0.543. The molecule has 0 saturated carbocycles. The van der Waals surface area contributed by atoms with Crippen LogP contribution in [0.3, 0.4) is 0 Å². The molecule has 3 rings (SSSR count). The number of fused-ring (bicyclic) bond motifs is 3. The Labute approximate surface area is 120 Å². The van der Waals surface area contributed by atoms with Crippen LogP contribution in [0.4, 0.5) is 0 Å². The maximum Gasteiger partial charge on any atom is 0.138 e. The maximum atomic E-state index is 6.16. The van der Waals surface area contributed by atoms with Gasteiger partial charge < -0.3 is 4.42 Å². The first-order valence-corrected chi connectivity index (χ1v) is 7.45. The Kier molecular flexibility index (Phi) is 3.08. The Bertz CT molecular complexity index is 775. The van der Waals surface area contributed by atoms with E-state index < -0.39 is 0 Å². The van der Waals surface area contributed by atoms with Crippen molar-refractivity contribution in [3.8, 4) is 0 Å². The second-order valence-electron chi connectivity index (χ2n) is 6.29. The predicted octanol–water partition coefficient (Wildman–Crippen LogP) is 6.14. The average molecular weight is 266 g/mol. The Hall–Kier alpha value is -1.76. The van der Waals surface area contributed by atoms with Crippen LogP contribution in [0.15, 0.2) is 34.7 Å². The van der Waals surface area contributed by atoms with E-state index in [0.29, 0.717) is 11.8 Å². The second-order valence-corrected chi connectivity index (χ2v) is 6.29. The number of aryl methyl sites for hydroxylation is 1. The first-order chi connectivity index (χ1) is 9.50. The van der Waals surface area contributed by atoms with Gasteiger partial charge in [0.1, 0.15) is 11.2 Å². The minimum Gasteiger partial charge on any atom is -0.456 e. The number of hydrogen-bond acceptors (Lipinski definition) is 1. The Morgan fingerprint density at radius 1 is 0.900 bits per heavy atom. The summed E-state index contributed by atoms with van der Waals surface area (Å²) in [6.45, 7) is 11.2. The Morgan fingerprint density at radius 2 is 1.55 bits per heavy atom. The smallest absolute Gasteiger partial charge is 0.138 e. The molecule has 0 aliphatic rings. The zero-order valence-electron chi connectivity index (χ0n) is 12.9. The van der Waals surface area contributed by atoms with Crippen molar-refractivity contribution in [1.82, 2.24) is 0 Å². The fourth-order valence-corrected chi connectivity index (χ4v) is 3.13. The van der Waals surface area contributed by atoms with Crippen LogP contribution in [0.2, 0.25) is 0 Å². The molecule has 3 aromatic rings. The van der Waals surface area contributed by atoms with Crippen molar-refractivity contribution in [3.05, 3.63) is 47.0 Å². The standard InChI is InChI=1S/C19H22O/c1-11(2)15-10-16(12(3)4)18-14-8-6-7-9-17(14)20-19(18)13(15)5/h6-12H,1-5H3. The summed E-state index contributed by atoms with van der Waals surface area (Å²) < 4.78 is 6.16. The molecule has 0 radical (unpaired) electrons. The molecule has 0 spiro atoms. The molecule has 1 aromatic heterocycles. The molecular formula is C19H22O. The summed E-state index contributed by atoms with van der Waals surface area (Å²) in [5, 5.41) is 2.54. The van der Waals surface area contributed by atoms with Gasteiger partial charge in [-0.3, -0.25) is 0 Å². The molecule has 2 aromatic carbocycles. The van der Waals surface area contributed by atoms with Gasteiger partial charge in [0.2, 0.25) is 0 Å². The van der Waals surface area contributed by atoms with E-state index in [9.17, 15) is 0 Å². The monoisotopic (exact) mass is 266 g/mol. The highest BCUT2D eigenvalue weighted by atomic mass is 16.3. The molecule has 1 heterocycles. The van der Waals surface area contributed by atoms with E-state index >= 15 is 0 Å². The van der Waals surface area contributed by atoms with Crippen LogP contribution in [0, 0.1) is 6.92 Å². The van der Waals surface area contributed by atoms with E-state index in [2.05, 4.69) is 58.9 Å². The summed E-state index contributed by atoms with van der Waals surface area (Å²) >= 11 is 0. The maximum absolute atomic E-state index is 6.16. The topological polar surface area (TPSA) is 13.1 Å². The van der Waals surface area contributed by atoms with Gasteiger partial charge in [0.25, 0.3) is 0 Å². The van der Waals surface area contributed by atoms with Gasteiger partial charge >= 0.3 is 0 Å². The normalized spacial score (nSPS) is 12.2. The van der Waals surface area contributed by atoms with Gasteiger partial charge in [0.15, 0.2) is 0 Å². The number of para-hydroxylation sites is 1. The van der Waals surface area contributed by atoms with Crippen molar-refractivity contribution < 1.29 is 4.42 Å². The number of benzene rings is 2. The summed E-state index contributed by atoms with van der Waals surface area (Å²) in [6.07, 6.45) is 0. The summed E-state index contributed by atoms with van der Waals surface area (Å²) in [7, 11) is 0. The van der Waals surface area contributed by atoms with Crippen LogP contribution in [0.1, 0.15) is 56.2 Å². The van der Waals surface area contributed by atoms with Gasteiger partial charge in [-0.1, -0.05) is 52.0 Å². The van der Waals surface area contributed by atoms with Gasteiger partial charge in [0.05, 0.1) is 0 Å². The molecule has 0 N–H and O–H groups in total. The van der Waals surface area contributed by atoms with Gasteiger partial charge in [0, 0.05) is 10.8 Å². The molecule has 0 unspecified atom stereocenters. The third-order valence-electron chi connectivity index (χ3n) is 4.21. The minimum atomic E-state index is 0.497. The number of rotatable bonds is 2. The fraction of sp³-hybridized carbons (Fsp3) is 0.368. The van der Waals surface area contributed by atoms with Crippen LogP contribution >= 0.6 is 0 Å². The van der Waals surface area contributed by atoms with E-state index in [1.165, 1.54) is 27.5 Å². The highest BCUT2D eigenvalue weighted by Gasteiger charge is 2.18. The van der Waals surface area contributed by atoms with Crippen LogP contribution < -0.4 is 0 Å². The SMILES string of the molecule is Cc1c(C(C)C)cc(C(C)C)c2c1oc1ccccc12. The first kappa shape index (κ1) is 13.2. The summed E-state index contributed by atoms with van der Waals surface area (Å²) in [6, 6.07) is 10.7. The highest BCUT2D eigenvalue weighted by Crippen LogP contribution is 2.39. The molecule has 0 fully saturated rings. The van der Waals surface area contributed by atoms with Crippen molar-refractivity contribution in [2.45, 2.75) is 46.5 Å². The lowest BCUT2D eigenvalue weighted by Gasteiger charge is -2.15. The van der Waals surface area contributed by atoms with Crippen molar-refractivity contribution in [1.29, 1.82) is 0 Å². The first-order valence-electron chi connectivity index (χ1n) is 7.45. The predicted molar refractivity (Wildman–Crippen MR) is 86.6 cm³/mol. The van der Waals surface area contributed by atoms with Gasteiger partial charge in [-0.25, -0.2) is 0 Å². The highest BCUT2D eigenvalue weighted by molar-refractivity contribution is 6.08. The second kappa shape index (κ2) is 4.66. The van der Waals surface area contributed by atoms with E-state index in [0.717, 1.165) is 11.2 Å². The van der Waals surface area contributed by atoms with E-state index in [1.54, 1.807) is 0 Å². The molecule has 0 saturated heterocycles. The van der Waals surface area contributed by atoms with E-state index in [-0.39, 0.29) is 0 Å². The zero-order valence-corrected chi connectivity index (χ0v) is 12.9.